The molecule has 2 aromatic rings. The fraction of sp³-hybridized carbons (Fsp3) is 0.222. The number of nitrogens with one attached hydrogen (secondary N) is 1. The van der Waals surface area contributed by atoms with Crippen molar-refractivity contribution in [1.82, 2.24) is 5.32 Å². The molecule has 0 radical (unpaired) electrons. The third-order valence-electron chi connectivity index (χ3n) is 3.26. The Morgan fingerprint density at radius 2 is 1.95 bits per heavy atom. The van der Waals surface area contributed by atoms with Gasteiger partial charge in [0.05, 0.1) is 0 Å². The van der Waals surface area contributed by atoms with E-state index in [0.717, 1.165) is 19.4 Å². The van der Waals surface area contributed by atoms with Crippen molar-refractivity contribution in [2.45, 2.75) is 19.8 Å². The highest BCUT2D eigenvalue weighted by Gasteiger charge is 2.04. The van der Waals surface area contributed by atoms with E-state index < -0.39 is 0 Å². The summed E-state index contributed by atoms with van der Waals surface area (Å²) in [7, 11) is 0. The molecule has 0 atom stereocenters. The molecule has 2 aromatic carbocycles. The Kier molecular flexibility index (Phi) is 4.79. The van der Waals surface area contributed by atoms with Crippen LogP contribution in [-0.4, -0.2) is 6.54 Å². The first-order valence-corrected chi connectivity index (χ1v) is 6.80. The summed E-state index contributed by atoms with van der Waals surface area (Å²) in [6.45, 7) is 6.79. The van der Waals surface area contributed by atoms with Crippen LogP contribution >= 0.6 is 0 Å². The Morgan fingerprint density at radius 1 is 1.11 bits per heavy atom. The van der Waals surface area contributed by atoms with Gasteiger partial charge in [0.15, 0.2) is 0 Å². The van der Waals surface area contributed by atoms with E-state index >= 15 is 0 Å². The molecule has 0 heterocycles. The number of rotatable bonds is 6. The predicted octanol–water partition coefficient (Wildman–Crippen LogP) is 4.33. The van der Waals surface area contributed by atoms with Crippen molar-refractivity contribution in [3.8, 4) is 11.1 Å². The first-order chi connectivity index (χ1) is 9.31. The highest BCUT2D eigenvalue weighted by atomic mass is 14.8. The molecule has 1 heteroatoms. The Bertz CT molecular complexity index is 543. The van der Waals surface area contributed by atoms with Gasteiger partial charge in [0.2, 0.25) is 0 Å². The zero-order chi connectivity index (χ0) is 13.5. The zero-order valence-electron chi connectivity index (χ0n) is 11.5. The largest absolute Gasteiger partial charge is 0.391 e. The Balaban J connectivity index is 2.18. The molecule has 1 N–H and O–H groups in total. The lowest BCUT2D eigenvalue weighted by molar-refractivity contribution is 0.753. The zero-order valence-corrected chi connectivity index (χ0v) is 11.5. The summed E-state index contributed by atoms with van der Waals surface area (Å²) in [5.41, 5.74) is 5.39. The minimum atomic E-state index is 0.978. The molecule has 98 valence electrons. The van der Waals surface area contributed by atoms with Crippen molar-refractivity contribution >= 4 is 0 Å². The van der Waals surface area contributed by atoms with Crippen LogP contribution in [0.1, 0.15) is 17.5 Å². The lowest BCUT2D eigenvalue weighted by atomic mass is 9.96. The molecule has 0 fully saturated rings. The van der Waals surface area contributed by atoms with Crippen LogP contribution in [0, 0.1) is 6.92 Å². The molecule has 0 spiro atoms. The van der Waals surface area contributed by atoms with Gasteiger partial charge in [0.25, 0.3) is 0 Å². The van der Waals surface area contributed by atoms with Gasteiger partial charge in [0, 0.05) is 6.54 Å². The second kappa shape index (κ2) is 6.79. The molecule has 0 bridgehead atoms. The van der Waals surface area contributed by atoms with Crippen LogP contribution in [0.4, 0.5) is 0 Å². The Hall–Kier alpha value is -2.02. The Labute approximate surface area is 116 Å². The molecule has 19 heavy (non-hydrogen) atoms. The van der Waals surface area contributed by atoms with Gasteiger partial charge in [-0.3, -0.25) is 0 Å². The quantitative estimate of drug-likeness (QED) is 0.754. The molecule has 0 saturated heterocycles. The standard InChI is InChI=1S/C18H21N/c1-3-19-13-7-11-16-9-4-5-12-18(16)17-10-6-8-15(2)14-17/h3-6,8-10,12,14,19H,1,7,11,13H2,2H3. The summed E-state index contributed by atoms with van der Waals surface area (Å²) >= 11 is 0. The predicted molar refractivity (Wildman–Crippen MR) is 83.1 cm³/mol. The van der Waals surface area contributed by atoms with Crippen LogP contribution in [0.3, 0.4) is 0 Å². The molecular formula is C18H21N. The highest BCUT2D eigenvalue weighted by Crippen LogP contribution is 2.25. The minimum absolute atomic E-state index is 0.978. The monoisotopic (exact) mass is 251 g/mol. The highest BCUT2D eigenvalue weighted by molar-refractivity contribution is 5.67. The lowest BCUT2D eigenvalue weighted by Gasteiger charge is -2.10. The van der Waals surface area contributed by atoms with Crippen LogP contribution in [-0.2, 0) is 6.42 Å². The van der Waals surface area contributed by atoms with Gasteiger partial charge in [-0.2, -0.15) is 0 Å². The van der Waals surface area contributed by atoms with Gasteiger partial charge in [-0.15, -0.1) is 0 Å². The molecule has 2 rings (SSSR count). The fourth-order valence-corrected chi connectivity index (χ4v) is 2.32. The molecule has 0 aliphatic carbocycles. The normalized spacial score (nSPS) is 10.2. The second-order valence-electron chi connectivity index (χ2n) is 4.79. The summed E-state index contributed by atoms with van der Waals surface area (Å²) in [6.07, 6.45) is 3.96. The first kappa shape index (κ1) is 13.4. The molecule has 0 aromatic heterocycles. The maximum absolute atomic E-state index is 3.67. The second-order valence-corrected chi connectivity index (χ2v) is 4.79. The van der Waals surface area contributed by atoms with Crippen LogP contribution in [0.2, 0.25) is 0 Å². The molecule has 0 amide bonds. The van der Waals surface area contributed by atoms with E-state index in [1.165, 1.54) is 22.3 Å². The van der Waals surface area contributed by atoms with E-state index in [2.05, 4.69) is 67.4 Å². The maximum Gasteiger partial charge on any atom is 0.0144 e. The van der Waals surface area contributed by atoms with E-state index in [4.69, 9.17) is 0 Å². The summed E-state index contributed by atoms with van der Waals surface area (Å²) in [5, 5.41) is 3.15. The maximum atomic E-state index is 3.67. The van der Waals surface area contributed by atoms with Crippen LogP contribution in [0.5, 0.6) is 0 Å². The average molecular weight is 251 g/mol. The van der Waals surface area contributed by atoms with Gasteiger partial charge in [-0.05, 0) is 42.7 Å². The van der Waals surface area contributed by atoms with Gasteiger partial charge in [0.1, 0.15) is 0 Å². The van der Waals surface area contributed by atoms with Crippen molar-refractivity contribution in [2.24, 2.45) is 0 Å². The molecule has 0 aliphatic rings. The van der Waals surface area contributed by atoms with Crippen molar-refractivity contribution in [3.63, 3.8) is 0 Å². The van der Waals surface area contributed by atoms with Crippen LogP contribution < -0.4 is 5.32 Å². The van der Waals surface area contributed by atoms with E-state index in [1.54, 1.807) is 6.20 Å². The number of hydrogen-bond donors (Lipinski definition) is 1. The molecule has 1 nitrogen and oxygen atoms in total. The topological polar surface area (TPSA) is 12.0 Å². The van der Waals surface area contributed by atoms with E-state index in [-0.39, 0.29) is 0 Å². The van der Waals surface area contributed by atoms with Gasteiger partial charge in [-0.25, -0.2) is 0 Å². The summed E-state index contributed by atoms with van der Waals surface area (Å²) in [5.74, 6) is 0. The van der Waals surface area contributed by atoms with Crippen molar-refractivity contribution < 1.29 is 0 Å². The third kappa shape index (κ3) is 3.72. The van der Waals surface area contributed by atoms with E-state index in [1.807, 2.05) is 0 Å². The van der Waals surface area contributed by atoms with Crippen LogP contribution in [0.15, 0.2) is 61.3 Å². The molecule has 0 saturated carbocycles. The molecule has 0 aliphatic heterocycles. The molecular weight excluding hydrogens is 230 g/mol. The molecule has 0 unspecified atom stereocenters. The van der Waals surface area contributed by atoms with Gasteiger partial charge < -0.3 is 5.32 Å². The summed E-state index contributed by atoms with van der Waals surface area (Å²) in [6, 6.07) is 17.4. The fourth-order valence-electron chi connectivity index (χ4n) is 2.32. The summed E-state index contributed by atoms with van der Waals surface area (Å²) < 4.78 is 0. The van der Waals surface area contributed by atoms with Gasteiger partial charge >= 0.3 is 0 Å². The van der Waals surface area contributed by atoms with Gasteiger partial charge in [-0.1, -0.05) is 60.7 Å². The van der Waals surface area contributed by atoms with Crippen molar-refractivity contribution in [2.75, 3.05) is 6.54 Å². The third-order valence-corrected chi connectivity index (χ3v) is 3.26. The lowest BCUT2D eigenvalue weighted by Crippen LogP contribution is -2.07. The average Bonchev–Trinajstić information content (AvgIpc) is 2.44. The SMILES string of the molecule is C=CNCCCc1ccccc1-c1cccc(C)c1. The Morgan fingerprint density at radius 3 is 2.74 bits per heavy atom. The van der Waals surface area contributed by atoms with Crippen molar-refractivity contribution in [3.05, 3.63) is 72.4 Å². The number of benzene rings is 2. The van der Waals surface area contributed by atoms with E-state index in [9.17, 15) is 0 Å². The van der Waals surface area contributed by atoms with Crippen LogP contribution in [0.25, 0.3) is 11.1 Å². The smallest absolute Gasteiger partial charge is 0.0144 e. The van der Waals surface area contributed by atoms with E-state index in [0.29, 0.717) is 0 Å². The summed E-state index contributed by atoms with van der Waals surface area (Å²) in [4.78, 5) is 0. The first-order valence-electron chi connectivity index (χ1n) is 6.80. The minimum Gasteiger partial charge on any atom is -0.391 e. The number of hydrogen-bond acceptors (Lipinski definition) is 1. The van der Waals surface area contributed by atoms with Crippen molar-refractivity contribution in [1.29, 1.82) is 0 Å². The number of aryl methyl sites for hydroxylation is 2.